The van der Waals surface area contributed by atoms with Crippen molar-refractivity contribution >= 4 is 16.5 Å². The molecule has 10 aromatic rings. The highest BCUT2D eigenvalue weighted by Gasteiger charge is 2.25. The van der Waals surface area contributed by atoms with Gasteiger partial charge in [0.15, 0.2) is 23.2 Å². The van der Waals surface area contributed by atoms with Crippen LogP contribution in [0.3, 0.4) is 0 Å². The van der Waals surface area contributed by atoms with Crippen molar-refractivity contribution in [1.29, 1.82) is 0 Å². The average Bonchev–Trinajstić information content (AvgIpc) is 3.66. The van der Waals surface area contributed by atoms with E-state index in [-0.39, 0.29) is 0 Å². The van der Waals surface area contributed by atoms with Gasteiger partial charge >= 0.3 is 0 Å². The van der Waals surface area contributed by atoms with E-state index >= 15 is 0 Å². The third-order valence-corrected chi connectivity index (χ3v) is 11.6. The number of hydrogen-bond acceptors (Lipinski definition) is 3. The van der Waals surface area contributed by atoms with Crippen LogP contribution < -0.4 is 0 Å². The molecular weight excluding hydrogens is 729 g/mol. The molecule has 0 bridgehead atoms. The van der Waals surface area contributed by atoms with Crippen molar-refractivity contribution in [1.82, 2.24) is 15.0 Å². The van der Waals surface area contributed by atoms with E-state index in [0.717, 1.165) is 61.2 Å². The zero-order chi connectivity index (χ0) is 40.0. The lowest BCUT2D eigenvalue weighted by Crippen LogP contribution is -2.01. The highest BCUT2D eigenvalue weighted by atomic mass is 15.0. The smallest absolute Gasteiger partial charge is 0.195 e. The van der Waals surface area contributed by atoms with Gasteiger partial charge in [-0.15, -0.1) is 0 Å². The van der Waals surface area contributed by atoms with Gasteiger partial charge < -0.3 is 0 Å². The van der Waals surface area contributed by atoms with Gasteiger partial charge in [-0.3, -0.25) is 0 Å². The lowest BCUT2D eigenvalue weighted by atomic mass is 9.84. The monoisotopic (exact) mass is 762 g/mol. The summed E-state index contributed by atoms with van der Waals surface area (Å²) in [5.74, 6) is 1.78. The molecule has 0 spiro atoms. The van der Waals surface area contributed by atoms with Crippen LogP contribution in [0.1, 0.15) is 0 Å². The van der Waals surface area contributed by atoms with Gasteiger partial charge in [-0.2, -0.15) is 0 Å². The van der Waals surface area contributed by atoms with E-state index in [1.165, 1.54) is 33.0 Å². The van der Waals surface area contributed by atoms with Gasteiger partial charge in [-0.25, -0.2) is 19.8 Å². The highest BCUT2D eigenvalue weighted by Crippen LogP contribution is 2.52. The maximum Gasteiger partial charge on any atom is 0.195 e. The first-order valence-electron chi connectivity index (χ1n) is 20.1. The molecule has 60 heavy (non-hydrogen) atoms. The quantitative estimate of drug-likeness (QED) is 0.152. The summed E-state index contributed by atoms with van der Waals surface area (Å²) in [5.41, 5.74) is 16.5. The predicted molar refractivity (Wildman–Crippen MR) is 246 cm³/mol. The van der Waals surface area contributed by atoms with Gasteiger partial charge in [-0.1, -0.05) is 206 Å². The number of fused-ring (bicyclic) bond motifs is 3. The van der Waals surface area contributed by atoms with Gasteiger partial charge in [0.2, 0.25) is 0 Å². The Hall–Kier alpha value is -8.26. The summed E-state index contributed by atoms with van der Waals surface area (Å²) in [5, 5.41) is 2.50. The van der Waals surface area contributed by atoms with Crippen LogP contribution in [0.15, 0.2) is 206 Å². The molecule has 1 heterocycles. The van der Waals surface area contributed by atoms with Crippen molar-refractivity contribution in [2.45, 2.75) is 0 Å². The molecule has 0 fully saturated rings. The third kappa shape index (κ3) is 5.80. The molecule has 0 atom stereocenters. The molecule has 11 rings (SSSR count). The second-order valence-corrected chi connectivity index (χ2v) is 14.9. The minimum atomic E-state index is 0.575. The third-order valence-electron chi connectivity index (χ3n) is 11.6. The van der Waals surface area contributed by atoms with Gasteiger partial charge in [-0.05, 0) is 77.5 Å². The fourth-order valence-corrected chi connectivity index (χ4v) is 8.91. The molecule has 1 aliphatic rings. The molecule has 4 nitrogen and oxygen atoms in total. The van der Waals surface area contributed by atoms with Crippen molar-refractivity contribution in [3.05, 3.63) is 218 Å². The van der Waals surface area contributed by atoms with Gasteiger partial charge in [0.25, 0.3) is 0 Å². The van der Waals surface area contributed by atoms with Crippen molar-refractivity contribution in [2.75, 3.05) is 0 Å². The van der Waals surface area contributed by atoms with E-state index in [4.69, 9.17) is 21.5 Å². The van der Waals surface area contributed by atoms with Crippen LogP contribution in [-0.2, 0) is 0 Å². The number of rotatable bonds is 7. The maximum absolute atomic E-state index is 8.50. The van der Waals surface area contributed by atoms with Gasteiger partial charge in [0, 0.05) is 16.7 Å². The standard InChI is InChI=1S/C56H34N4/c1-57-51-33-17-32-48(39-23-9-8-22-38(39)44-34-35-49-41-25-11-10-24-40(41)45-30-16-31-46(44)52(45)49)53(51)47-28-14-12-26-42(47)43-27-13-15-29-50(43)56-59-54(36-18-4-2-5-19-36)58-55(60-56)37-20-6-3-7-21-37/h2-35H. The Morgan fingerprint density at radius 1 is 0.283 bits per heavy atom. The minimum absolute atomic E-state index is 0.575. The average molecular weight is 763 g/mol. The Kier molecular flexibility index (Phi) is 8.50. The molecule has 0 unspecified atom stereocenters. The molecule has 278 valence electrons. The second kappa shape index (κ2) is 14.6. The van der Waals surface area contributed by atoms with Crippen molar-refractivity contribution in [3.63, 3.8) is 0 Å². The summed E-state index contributed by atoms with van der Waals surface area (Å²) in [4.78, 5) is 19.3. The molecule has 0 saturated heterocycles. The molecule has 0 radical (unpaired) electrons. The molecule has 0 N–H and O–H groups in total. The van der Waals surface area contributed by atoms with E-state index in [0.29, 0.717) is 23.2 Å². The molecule has 1 aromatic heterocycles. The topological polar surface area (TPSA) is 43.0 Å². The summed E-state index contributed by atoms with van der Waals surface area (Å²) < 4.78 is 0. The molecule has 0 amide bonds. The fourth-order valence-electron chi connectivity index (χ4n) is 8.91. The summed E-state index contributed by atoms with van der Waals surface area (Å²) in [6.45, 7) is 8.50. The highest BCUT2D eigenvalue weighted by molar-refractivity contribution is 6.19. The number of hydrogen-bond donors (Lipinski definition) is 0. The zero-order valence-corrected chi connectivity index (χ0v) is 32.4. The Morgan fingerprint density at radius 3 is 1.25 bits per heavy atom. The van der Waals surface area contributed by atoms with Crippen LogP contribution in [0, 0.1) is 6.57 Å². The lowest BCUT2D eigenvalue weighted by molar-refractivity contribution is 1.07. The SMILES string of the molecule is [C-]#[N+]c1cccc(-c2ccccc2-c2ccc3c4c(cccc24)-c2ccccc2-3)c1-c1ccccc1-c1ccccc1-c1nc(-c2ccccc2)nc(-c2ccccc2)n1. The van der Waals surface area contributed by atoms with Crippen molar-refractivity contribution < 1.29 is 0 Å². The first-order chi connectivity index (χ1) is 29.7. The zero-order valence-electron chi connectivity index (χ0n) is 32.4. The molecule has 0 saturated carbocycles. The molecular formula is C56H34N4. The van der Waals surface area contributed by atoms with Crippen LogP contribution in [0.2, 0.25) is 0 Å². The summed E-state index contributed by atoms with van der Waals surface area (Å²) in [7, 11) is 0. The van der Waals surface area contributed by atoms with E-state index < -0.39 is 0 Å². The van der Waals surface area contributed by atoms with Crippen LogP contribution in [-0.4, -0.2) is 15.0 Å². The summed E-state index contributed by atoms with van der Waals surface area (Å²) in [6, 6.07) is 71.4. The van der Waals surface area contributed by atoms with Crippen LogP contribution >= 0.6 is 0 Å². The van der Waals surface area contributed by atoms with Gasteiger partial charge in [0.1, 0.15) is 0 Å². The van der Waals surface area contributed by atoms with Crippen LogP contribution in [0.25, 0.3) is 117 Å². The first kappa shape index (κ1) is 34.9. The van der Waals surface area contributed by atoms with E-state index in [9.17, 15) is 0 Å². The normalized spacial score (nSPS) is 11.3. The molecule has 9 aromatic carbocycles. The Morgan fingerprint density at radius 2 is 0.667 bits per heavy atom. The summed E-state index contributed by atoms with van der Waals surface area (Å²) in [6.07, 6.45) is 0. The van der Waals surface area contributed by atoms with E-state index in [1.54, 1.807) is 0 Å². The molecule has 1 aliphatic carbocycles. The van der Waals surface area contributed by atoms with Crippen LogP contribution in [0.5, 0.6) is 0 Å². The fraction of sp³-hybridized carbons (Fsp3) is 0. The Bertz CT molecular complexity index is 3240. The maximum atomic E-state index is 8.50. The van der Waals surface area contributed by atoms with Crippen LogP contribution in [0.4, 0.5) is 5.69 Å². The molecule has 4 heteroatoms. The molecule has 0 aliphatic heterocycles. The number of nitrogens with zero attached hydrogens (tertiary/aromatic N) is 4. The minimum Gasteiger partial charge on any atom is -0.237 e. The van der Waals surface area contributed by atoms with Crippen molar-refractivity contribution in [3.8, 4) is 101 Å². The van der Waals surface area contributed by atoms with Gasteiger partial charge in [0.05, 0.1) is 6.57 Å². The predicted octanol–water partition coefficient (Wildman–Crippen LogP) is 14.9. The van der Waals surface area contributed by atoms with Crippen molar-refractivity contribution in [2.24, 2.45) is 0 Å². The van der Waals surface area contributed by atoms with E-state index in [2.05, 4.69) is 132 Å². The first-order valence-corrected chi connectivity index (χ1v) is 20.1. The lowest BCUT2D eigenvalue weighted by Gasteiger charge is -2.20. The number of benzene rings is 9. The Labute approximate surface area is 348 Å². The number of aromatic nitrogens is 3. The summed E-state index contributed by atoms with van der Waals surface area (Å²) >= 11 is 0. The second-order valence-electron chi connectivity index (χ2n) is 14.9. The largest absolute Gasteiger partial charge is 0.237 e. The van der Waals surface area contributed by atoms with E-state index in [1.807, 2.05) is 78.9 Å². The Balaban J connectivity index is 1.10.